The summed E-state index contributed by atoms with van der Waals surface area (Å²) in [6, 6.07) is 9.38. The molecule has 90 valence electrons. The van der Waals surface area contributed by atoms with Gasteiger partial charge in [0.2, 0.25) is 5.95 Å². The maximum Gasteiger partial charge on any atom is 0.229 e. The molecule has 0 spiro atoms. The number of hydrogen-bond donors (Lipinski definition) is 1. The zero-order valence-electron chi connectivity index (χ0n) is 9.91. The van der Waals surface area contributed by atoms with Gasteiger partial charge in [-0.05, 0) is 12.1 Å². The Morgan fingerprint density at radius 3 is 2.56 bits per heavy atom. The van der Waals surface area contributed by atoms with E-state index in [1.807, 2.05) is 18.2 Å². The van der Waals surface area contributed by atoms with Crippen LogP contribution in [0.4, 0.5) is 11.6 Å². The average molecular weight is 240 g/mol. The number of rotatable bonds is 3. The number of aliphatic hydroxyl groups excluding tert-OH is 1. The number of benzene rings is 1. The van der Waals surface area contributed by atoms with Crippen molar-refractivity contribution >= 4 is 11.6 Å². The number of nitriles is 1. The fourth-order valence-electron chi connectivity index (χ4n) is 1.57. The van der Waals surface area contributed by atoms with Gasteiger partial charge < -0.3 is 10.0 Å². The van der Waals surface area contributed by atoms with Crippen molar-refractivity contribution in [1.82, 2.24) is 9.97 Å². The van der Waals surface area contributed by atoms with E-state index in [0.717, 1.165) is 5.69 Å². The Balaban J connectivity index is 2.35. The minimum atomic E-state index is -0.0845. The second-order valence-electron chi connectivity index (χ2n) is 3.74. The highest BCUT2D eigenvalue weighted by Crippen LogP contribution is 2.23. The lowest BCUT2D eigenvalue weighted by molar-refractivity contribution is 0.281. The summed E-state index contributed by atoms with van der Waals surface area (Å²) in [7, 11) is 1.80. The summed E-state index contributed by atoms with van der Waals surface area (Å²) in [6.07, 6.45) is 3.13. The molecule has 0 radical (unpaired) electrons. The molecule has 2 aromatic rings. The molecule has 1 heterocycles. The molecule has 18 heavy (non-hydrogen) atoms. The minimum Gasteiger partial charge on any atom is -0.392 e. The maximum atomic E-state index is 9.05. The smallest absolute Gasteiger partial charge is 0.229 e. The highest BCUT2D eigenvalue weighted by Gasteiger charge is 2.10. The van der Waals surface area contributed by atoms with Crippen molar-refractivity contribution in [2.75, 3.05) is 11.9 Å². The SMILES string of the molecule is CN(c1ncc(CO)cn1)c1ccccc1C#N. The van der Waals surface area contributed by atoms with Gasteiger partial charge in [-0.25, -0.2) is 9.97 Å². The van der Waals surface area contributed by atoms with Crippen LogP contribution in [0.5, 0.6) is 0 Å². The van der Waals surface area contributed by atoms with Gasteiger partial charge in [0.15, 0.2) is 0 Å². The number of aromatic nitrogens is 2. The molecular weight excluding hydrogens is 228 g/mol. The van der Waals surface area contributed by atoms with E-state index in [2.05, 4.69) is 16.0 Å². The molecule has 0 aliphatic heterocycles. The van der Waals surface area contributed by atoms with Crippen LogP contribution >= 0.6 is 0 Å². The molecule has 0 saturated heterocycles. The van der Waals surface area contributed by atoms with Gasteiger partial charge in [-0.1, -0.05) is 12.1 Å². The summed E-state index contributed by atoms with van der Waals surface area (Å²) in [4.78, 5) is 10.0. The third kappa shape index (κ3) is 2.29. The van der Waals surface area contributed by atoms with Gasteiger partial charge in [-0.3, -0.25) is 0 Å². The van der Waals surface area contributed by atoms with Crippen LogP contribution in [0, 0.1) is 11.3 Å². The molecule has 0 bridgehead atoms. The molecule has 0 unspecified atom stereocenters. The molecular formula is C13H12N4O. The summed E-state index contributed by atoms with van der Waals surface area (Å²) in [6.45, 7) is -0.0845. The van der Waals surface area contributed by atoms with Crippen molar-refractivity contribution < 1.29 is 5.11 Å². The van der Waals surface area contributed by atoms with Crippen molar-refractivity contribution in [2.24, 2.45) is 0 Å². The largest absolute Gasteiger partial charge is 0.392 e. The first-order valence-electron chi connectivity index (χ1n) is 5.41. The van der Waals surface area contributed by atoms with Gasteiger partial charge in [0.1, 0.15) is 6.07 Å². The Labute approximate surface area is 105 Å². The quantitative estimate of drug-likeness (QED) is 0.882. The van der Waals surface area contributed by atoms with Crippen LogP contribution < -0.4 is 4.90 Å². The Kier molecular flexibility index (Phi) is 3.51. The van der Waals surface area contributed by atoms with Crippen LogP contribution in [-0.4, -0.2) is 22.1 Å². The topological polar surface area (TPSA) is 73.0 Å². The first-order chi connectivity index (χ1) is 8.76. The highest BCUT2D eigenvalue weighted by atomic mass is 16.3. The number of hydrogen-bond acceptors (Lipinski definition) is 5. The van der Waals surface area contributed by atoms with Gasteiger partial charge in [-0.2, -0.15) is 5.26 Å². The molecule has 0 atom stereocenters. The van der Waals surface area contributed by atoms with Gasteiger partial charge >= 0.3 is 0 Å². The van der Waals surface area contributed by atoms with Crippen LogP contribution in [0.25, 0.3) is 0 Å². The molecule has 0 aliphatic carbocycles. The monoisotopic (exact) mass is 240 g/mol. The molecule has 5 nitrogen and oxygen atoms in total. The zero-order chi connectivity index (χ0) is 13.0. The van der Waals surface area contributed by atoms with Crippen molar-refractivity contribution in [3.8, 4) is 6.07 Å². The molecule has 0 fully saturated rings. The number of aliphatic hydroxyl groups is 1. The summed E-state index contributed by atoms with van der Waals surface area (Å²) in [5, 5.41) is 18.0. The molecule has 1 N–H and O–H groups in total. The second-order valence-corrected chi connectivity index (χ2v) is 3.74. The molecule has 5 heteroatoms. The van der Waals surface area contributed by atoms with Crippen molar-refractivity contribution in [3.63, 3.8) is 0 Å². The predicted molar refractivity (Wildman–Crippen MR) is 67.2 cm³/mol. The van der Waals surface area contributed by atoms with E-state index >= 15 is 0 Å². The van der Waals surface area contributed by atoms with Crippen molar-refractivity contribution in [3.05, 3.63) is 47.8 Å². The first kappa shape index (κ1) is 12.0. The number of nitrogens with zero attached hydrogens (tertiary/aromatic N) is 4. The van der Waals surface area contributed by atoms with E-state index in [0.29, 0.717) is 17.1 Å². The molecule has 0 aliphatic rings. The zero-order valence-corrected chi connectivity index (χ0v) is 9.91. The normalized spacial score (nSPS) is 9.83. The maximum absolute atomic E-state index is 9.05. The molecule has 1 aromatic heterocycles. The Hall–Kier alpha value is -2.45. The van der Waals surface area contributed by atoms with Crippen LogP contribution in [0.3, 0.4) is 0 Å². The Morgan fingerprint density at radius 1 is 1.28 bits per heavy atom. The standard InChI is InChI=1S/C13H12N4O/c1-17(12-5-3-2-4-11(12)6-14)13-15-7-10(9-18)8-16-13/h2-5,7-8,18H,9H2,1H3. The van der Waals surface area contributed by atoms with Gasteiger partial charge in [0.05, 0.1) is 17.9 Å². The molecule has 1 aromatic carbocycles. The summed E-state index contributed by atoms with van der Waals surface area (Å²) < 4.78 is 0. The van der Waals surface area contributed by atoms with Gasteiger partial charge in [-0.15, -0.1) is 0 Å². The van der Waals surface area contributed by atoms with Gasteiger partial charge in [0, 0.05) is 25.0 Å². The molecule has 2 rings (SSSR count). The van der Waals surface area contributed by atoms with Crippen LogP contribution in [0.2, 0.25) is 0 Å². The van der Waals surface area contributed by atoms with Crippen molar-refractivity contribution in [2.45, 2.75) is 6.61 Å². The van der Waals surface area contributed by atoms with E-state index in [-0.39, 0.29) is 6.61 Å². The second kappa shape index (κ2) is 5.25. The van der Waals surface area contributed by atoms with E-state index in [1.54, 1.807) is 30.4 Å². The summed E-state index contributed by atoms with van der Waals surface area (Å²) >= 11 is 0. The van der Waals surface area contributed by atoms with Crippen LogP contribution in [-0.2, 0) is 6.61 Å². The fraction of sp³-hybridized carbons (Fsp3) is 0.154. The lowest BCUT2D eigenvalue weighted by Crippen LogP contribution is -2.14. The predicted octanol–water partition coefficient (Wildman–Crippen LogP) is 1.61. The lowest BCUT2D eigenvalue weighted by atomic mass is 10.2. The van der Waals surface area contributed by atoms with Crippen LogP contribution in [0.15, 0.2) is 36.7 Å². The van der Waals surface area contributed by atoms with E-state index in [4.69, 9.17) is 10.4 Å². The van der Waals surface area contributed by atoms with Crippen molar-refractivity contribution in [1.29, 1.82) is 5.26 Å². The van der Waals surface area contributed by atoms with E-state index < -0.39 is 0 Å². The minimum absolute atomic E-state index is 0.0845. The molecule has 0 amide bonds. The lowest BCUT2D eigenvalue weighted by Gasteiger charge is -2.18. The first-order valence-corrected chi connectivity index (χ1v) is 5.41. The summed E-state index contributed by atoms with van der Waals surface area (Å²) in [5.74, 6) is 0.481. The van der Waals surface area contributed by atoms with Gasteiger partial charge in [0.25, 0.3) is 0 Å². The third-order valence-electron chi connectivity index (χ3n) is 2.56. The highest BCUT2D eigenvalue weighted by molar-refractivity contribution is 5.64. The summed E-state index contributed by atoms with van der Waals surface area (Å²) in [5.41, 5.74) is 1.97. The van der Waals surface area contributed by atoms with Crippen LogP contribution in [0.1, 0.15) is 11.1 Å². The number of para-hydroxylation sites is 1. The number of anilines is 2. The Bertz CT molecular complexity index is 574. The Morgan fingerprint density at radius 2 is 1.94 bits per heavy atom. The van der Waals surface area contributed by atoms with E-state index in [9.17, 15) is 0 Å². The molecule has 0 saturated carbocycles. The average Bonchev–Trinajstić information content (AvgIpc) is 2.46. The third-order valence-corrected chi connectivity index (χ3v) is 2.56. The van der Waals surface area contributed by atoms with E-state index in [1.165, 1.54) is 0 Å². The fourth-order valence-corrected chi connectivity index (χ4v) is 1.57.